The maximum absolute atomic E-state index is 5.59. The third-order valence-electron chi connectivity index (χ3n) is 2.31. The summed E-state index contributed by atoms with van der Waals surface area (Å²) in [6, 6.07) is 1.78. The molecule has 1 aromatic heterocycles. The van der Waals surface area contributed by atoms with Gasteiger partial charge in [-0.25, -0.2) is 4.98 Å². The predicted octanol–water partition coefficient (Wildman–Crippen LogP) is 2.62. The van der Waals surface area contributed by atoms with Crippen molar-refractivity contribution in [1.82, 2.24) is 9.97 Å². The molecule has 0 bridgehead atoms. The van der Waals surface area contributed by atoms with Crippen LogP contribution in [-0.4, -0.2) is 43.5 Å². The zero-order valence-electron chi connectivity index (χ0n) is 11.5. The lowest BCUT2D eigenvalue weighted by Crippen LogP contribution is -2.08. The van der Waals surface area contributed by atoms with E-state index in [0.29, 0.717) is 32.3 Å². The minimum absolute atomic E-state index is 0.585. The van der Waals surface area contributed by atoms with Crippen LogP contribution < -0.4 is 4.74 Å². The molecule has 0 N–H and O–H groups in total. The van der Waals surface area contributed by atoms with Gasteiger partial charge in [-0.15, -0.1) is 0 Å². The van der Waals surface area contributed by atoms with Gasteiger partial charge < -0.3 is 14.2 Å². The summed E-state index contributed by atoms with van der Waals surface area (Å²) in [5.41, 5.74) is 0. The number of hydrogen-bond acceptors (Lipinski definition) is 5. The fourth-order valence-corrected chi connectivity index (χ4v) is 1.83. The second-order valence-corrected chi connectivity index (χ2v) is 4.81. The first-order valence-corrected chi connectivity index (χ1v) is 7.28. The number of halogens is 1. The second kappa shape index (κ2) is 10.1. The molecule has 0 spiro atoms. The van der Waals surface area contributed by atoms with Gasteiger partial charge in [0.05, 0.1) is 19.8 Å². The van der Waals surface area contributed by atoms with Gasteiger partial charge in [0.2, 0.25) is 5.88 Å². The summed E-state index contributed by atoms with van der Waals surface area (Å²) in [7, 11) is 1.66. The molecular weight excluding hydrogens is 312 g/mol. The molecule has 0 fully saturated rings. The molecule has 0 atom stereocenters. The molecule has 6 heteroatoms. The van der Waals surface area contributed by atoms with E-state index < -0.39 is 0 Å². The highest BCUT2D eigenvalue weighted by atomic mass is 79.9. The van der Waals surface area contributed by atoms with Crippen LogP contribution in [0, 0.1) is 0 Å². The smallest absolute Gasteiger partial charge is 0.217 e. The molecule has 5 nitrogen and oxygen atoms in total. The monoisotopic (exact) mass is 332 g/mol. The van der Waals surface area contributed by atoms with Gasteiger partial charge in [-0.1, -0.05) is 6.92 Å². The second-order valence-electron chi connectivity index (χ2n) is 4.00. The van der Waals surface area contributed by atoms with Crippen molar-refractivity contribution >= 4 is 15.9 Å². The van der Waals surface area contributed by atoms with Crippen LogP contribution in [0.4, 0.5) is 0 Å². The van der Waals surface area contributed by atoms with E-state index >= 15 is 0 Å². The lowest BCUT2D eigenvalue weighted by molar-refractivity contribution is 0.0642. The third-order valence-corrected chi connectivity index (χ3v) is 2.71. The van der Waals surface area contributed by atoms with E-state index in [-0.39, 0.29) is 0 Å². The van der Waals surface area contributed by atoms with Crippen LogP contribution in [0.2, 0.25) is 0 Å². The fraction of sp³-hybridized carbons (Fsp3) is 0.692. The topological polar surface area (TPSA) is 53.5 Å². The number of nitrogens with zero attached hydrogens (tertiary/aromatic N) is 2. The van der Waals surface area contributed by atoms with Crippen molar-refractivity contribution in [1.29, 1.82) is 0 Å². The van der Waals surface area contributed by atoms with Crippen LogP contribution in [0.25, 0.3) is 0 Å². The number of methoxy groups -OCH3 is 1. The molecule has 0 aliphatic carbocycles. The van der Waals surface area contributed by atoms with E-state index in [1.807, 2.05) is 0 Å². The van der Waals surface area contributed by atoms with Crippen LogP contribution >= 0.6 is 15.9 Å². The first-order valence-electron chi connectivity index (χ1n) is 6.49. The van der Waals surface area contributed by atoms with Crippen molar-refractivity contribution in [3.63, 3.8) is 0 Å². The van der Waals surface area contributed by atoms with E-state index in [0.717, 1.165) is 29.7 Å². The van der Waals surface area contributed by atoms with Crippen molar-refractivity contribution < 1.29 is 14.2 Å². The molecule has 1 heterocycles. The van der Waals surface area contributed by atoms with Crippen LogP contribution in [-0.2, 0) is 15.9 Å². The van der Waals surface area contributed by atoms with Crippen molar-refractivity contribution in [2.75, 3.05) is 33.5 Å². The van der Waals surface area contributed by atoms with Crippen molar-refractivity contribution in [2.24, 2.45) is 0 Å². The number of rotatable bonds is 10. The van der Waals surface area contributed by atoms with Crippen LogP contribution in [0.3, 0.4) is 0 Å². The van der Waals surface area contributed by atoms with Gasteiger partial charge in [0.15, 0.2) is 0 Å². The van der Waals surface area contributed by atoms with Crippen LogP contribution in [0.1, 0.15) is 25.6 Å². The summed E-state index contributed by atoms with van der Waals surface area (Å²) >= 11 is 3.36. The standard InChI is InChI=1S/C13H21BrN2O3/c1-3-5-12-15-11(14)10-13(16-12)19-7-4-6-18-9-8-17-2/h10H,3-9H2,1-2H3. The summed E-state index contributed by atoms with van der Waals surface area (Å²) < 4.78 is 16.6. The van der Waals surface area contributed by atoms with Gasteiger partial charge >= 0.3 is 0 Å². The van der Waals surface area contributed by atoms with Gasteiger partial charge in [-0.05, 0) is 22.4 Å². The minimum atomic E-state index is 0.585. The third kappa shape index (κ3) is 7.44. The van der Waals surface area contributed by atoms with Crippen LogP contribution in [0.5, 0.6) is 5.88 Å². The van der Waals surface area contributed by atoms with Crippen molar-refractivity contribution in [3.05, 3.63) is 16.5 Å². The Morgan fingerprint density at radius 1 is 1.16 bits per heavy atom. The van der Waals surface area contributed by atoms with E-state index in [2.05, 4.69) is 32.8 Å². The molecule has 19 heavy (non-hydrogen) atoms. The largest absolute Gasteiger partial charge is 0.477 e. The maximum Gasteiger partial charge on any atom is 0.217 e. The molecule has 0 aromatic carbocycles. The molecule has 108 valence electrons. The molecule has 0 unspecified atom stereocenters. The van der Waals surface area contributed by atoms with Gasteiger partial charge in [0.1, 0.15) is 10.4 Å². The predicted molar refractivity (Wildman–Crippen MR) is 76.5 cm³/mol. The highest BCUT2D eigenvalue weighted by Crippen LogP contribution is 2.15. The normalized spacial score (nSPS) is 10.7. The maximum atomic E-state index is 5.59. The zero-order valence-corrected chi connectivity index (χ0v) is 13.1. The Hall–Kier alpha value is -0.720. The summed E-state index contributed by atoms with van der Waals surface area (Å²) in [6.45, 7) is 4.60. The zero-order chi connectivity index (χ0) is 13.9. The van der Waals surface area contributed by atoms with E-state index in [9.17, 15) is 0 Å². The van der Waals surface area contributed by atoms with Gasteiger partial charge in [-0.3, -0.25) is 0 Å². The van der Waals surface area contributed by atoms with E-state index in [4.69, 9.17) is 14.2 Å². The summed E-state index contributed by atoms with van der Waals surface area (Å²) in [4.78, 5) is 8.64. The van der Waals surface area contributed by atoms with Crippen molar-refractivity contribution in [2.45, 2.75) is 26.2 Å². The number of ether oxygens (including phenoxy) is 3. The highest BCUT2D eigenvalue weighted by molar-refractivity contribution is 9.10. The fourth-order valence-electron chi connectivity index (χ4n) is 1.43. The Balaban J connectivity index is 2.25. The Kier molecular flexibility index (Phi) is 8.69. The Morgan fingerprint density at radius 3 is 2.74 bits per heavy atom. The Morgan fingerprint density at radius 2 is 2.00 bits per heavy atom. The molecular formula is C13H21BrN2O3. The Bertz CT molecular complexity index is 364. The minimum Gasteiger partial charge on any atom is -0.477 e. The number of aryl methyl sites for hydroxylation is 1. The Labute approximate surface area is 122 Å². The molecule has 0 saturated heterocycles. The molecule has 0 aliphatic rings. The molecule has 1 rings (SSSR count). The first-order chi connectivity index (χ1) is 9.26. The summed E-state index contributed by atoms with van der Waals surface area (Å²) in [6.07, 6.45) is 2.70. The molecule has 0 radical (unpaired) electrons. The summed E-state index contributed by atoms with van der Waals surface area (Å²) in [5, 5.41) is 0. The molecule has 1 aromatic rings. The molecule has 0 amide bonds. The van der Waals surface area contributed by atoms with E-state index in [1.165, 1.54) is 0 Å². The van der Waals surface area contributed by atoms with Crippen LogP contribution in [0.15, 0.2) is 10.7 Å². The first kappa shape index (κ1) is 16.3. The van der Waals surface area contributed by atoms with Gasteiger partial charge in [-0.2, -0.15) is 4.98 Å². The SMILES string of the molecule is CCCc1nc(Br)cc(OCCCOCCOC)n1. The number of hydrogen-bond donors (Lipinski definition) is 0. The average Bonchev–Trinajstić information content (AvgIpc) is 2.37. The molecule has 0 saturated carbocycles. The summed E-state index contributed by atoms with van der Waals surface area (Å²) in [5.74, 6) is 1.42. The van der Waals surface area contributed by atoms with Crippen molar-refractivity contribution in [3.8, 4) is 5.88 Å². The lowest BCUT2D eigenvalue weighted by atomic mass is 10.3. The average molecular weight is 333 g/mol. The number of aromatic nitrogens is 2. The van der Waals surface area contributed by atoms with Gasteiger partial charge in [0.25, 0.3) is 0 Å². The van der Waals surface area contributed by atoms with E-state index in [1.54, 1.807) is 13.2 Å². The van der Waals surface area contributed by atoms with Gasteiger partial charge in [0, 0.05) is 32.6 Å². The lowest BCUT2D eigenvalue weighted by Gasteiger charge is -2.07. The quantitative estimate of drug-likeness (QED) is 0.487. The highest BCUT2D eigenvalue weighted by Gasteiger charge is 2.03. The molecule has 0 aliphatic heterocycles.